The number of benzene rings is 2. The molecule has 116 valence electrons. The molecule has 4 heteroatoms. The van der Waals surface area contributed by atoms with Crippen LogP contribution in [-0.2, 0) is 22.6 Å². The van der Waals surface area contributed by atoms with Crippen LogP contribution < -0.4 is 9.47 Å². The summed E-state index contributed by atoms with van der Waals surface area (Å²) in [6, 6.07) is 15.4. The SMILES string of the molecule is CCOc1cc(CC(=O)OC)cc(OCc2ccccc2)c1. The first-order chi connectivity index (χ1) is 10.7. The van der Waals surface area contributed by atoms with E-state index in [9.17, 15) is 4.79 Å². The highest BCUT2D eigenvalue weighted by Gasteiger charge is 2.08. The van der Waals surface area contributed by atoms with Crippen LogP contribution in [0.15, 0.2) is 48.5 Å². The van der Waals surface area contributed by atoms with Gasteiger partial charge in [-0.15, -0.1) is 0 Å². The number of hydrogen-bond donors (Lipinski definition) is 0. The molecular formula is C18H20O4. The monoisotopic (exact) mass is 300 g/mol. The van der Waals surface area contributed by atoms with Crippen molar-refractivity contribution in [1.82, 2.24) is 0 Å². The molecule has 0 amide bonds. The first-order valence-electron chi connectivity index (χ1n) is 7.21. The topological polar surface area (TPSA) is 44.8 Å². The van der Waals surface area contributed by atoms with E-state index in [1.54, 1.807) is 0 Å². The number of ether oxygens (including phenoxy) is 3. The molecule has 2 aromatic carbocycles. The van der Waals surface area contributed by atoms with Crippen LogP contribution in [0.5, 0.6) is 11.5 Å². The summed E-state index contributed by atoms with van der Waals surface area (Å²) in [5, 5.41) is 0. The van der Waals surface area contributed by atoms with Crippen LogP contribution in [0.4, 0.5) is 0 Å². The molecule has 0 atom stereocenters. The molecule has 0 aromatic heterocycles. The van der Waals surface area contributed by atoms with E-state index in [4.69, 9.17) is 14.2 Å². The Hall–Kier alpha value is -2.49. The fourth-order valence-electron chi connectivity index (χ4n) is 2.05. The van der Waals surface area contributed by atoms with Crippen molar-refractivity contribution in [1.29, 1.82) is 0 Å². The Balaban J connectivity index is 2.12. The molecule has 0 unspecified atom stereocenters. The van der Waals surface area contributed by atoms with Crippen LogP contribution in [0.3, 0.4) is 0 Å². The fraction of sp³-hybridized carbons (Fsp3) is 0.278. The second-order valence-electron chi connectivity index (χ2n) is 4.77. The first kappa shape index (κ1) is 15.9. The zero-order valence-corrected chi connectivity index (χ0v) is 12.9. The van der Waals surface area contributed by atoms with Gasteiger partial charge in [0.1, 0.15) is 18.1 Å². The molecule has 4 nitrogen and oxygen atoms in total. The van der Waals surface area contributed by atoms with Crippen LogP contribution >= 0.6 is 0 Å². The molecule has 2 aromatic rings. The van der Waals surface area contributed by atoms with Gasteiger partial charge in [0.25, 0.3) is 0 Å². The van der Waals surface area contributed by atoms with E-state index in [2.05, 4.69) is 0 Å². The predicted octanol–water partition coefficient (Wildman–Crippen LogP) is 3.38. The third kappa shape index (κ3) is 4.81. The molecule has 0 spiro atoms. The largest absolute Gasteiger partial charge is 0.494 e. The molecule has 0 aliphatic carbocycles. The molecule has 0 N–H and O–H groups in total. The second kappa shape index (κ2) is 8.08. The molecule has 2 rings (SSSR count). The van der Waals surface area contributed by atoms with Gasteiger partial charge in [-0.3, -0.25) is 4.79 Å². The van der Waals surface area contributed by atoms with Crippen LogP contribution in [0.25, 0.3) is 0 Å². The Morgan fingerprint density at radius 3 is 2.27 bits per heavy atom. The lowest BCUT2D eigenvalue weighted by Crippen LogP contribution is -2.05. The van der Waals surface area contributed by atoms with Crippen molar-refractivity contribution in [2.45, 2.75) is 20.0 Å². The summed E-state index contributed by atoms with van der Waals surface area (Å²) in [6.45, 7) is 2.94. The number of methoxy groups -OCH3 is 1. The van der Waals surface area contributed by atoms with Crippen molar-refractivity contribution in [2.75, 3.05) is 13.7 Å². The lowest BCUT2D eigenvalue weighted by molar-refractivity contribution is -0.139. The Bertz CT molecular complexity index is 608. The van der Waals surface area contributed by atoms with E-state index in [1.807, 2.05) is 55.5 Å². The normalized spacial score (nSPS) is 10.1. The molecule has 0 heterocycles. The van der Waals surface area contributed by atoms with Crippen LogP contribution in [0.2, 0.25) is 0 Å². The van der Waals surface area contributed by atoms with E-state index in [1.165, 1.54) is 7.11 Å². The van der Waals surface area contributed by atoms with Crippen molar-refractivity contribution >= 4 is 5.97 Å². The molecular weight excluding hydrogens is 280 g/mol. The lowest BCUT2D eigenvalue weighted by Gasteiger charge is -2.11. The molecule has 22 heavy (non-hydrogen) atoms. The van der Waals surface area contributed by atoms with Crippen molar-refractivity contribution in [3.8, 4) is 11.5 Å². The van der Waals surface area contributed by atoms with E-state index in [-0.39, 0.29) is 12.4 Å². The number of hydrogen-bond acceptors (Lipinski definition) is 4. The minimum absolute atomic E-state index is 0.194. The second-order valence-corrected chi connectivity index (χ2v) is 4.77. The Morgan fingerprint density at radius 2 is 1.64 bits per heavy atom. The van der Waals surface area contributed by atoms with Gasteiger partial charge in [0, 0.05) is 6.07 Å². The average Bonchev–Trinajstić information content (AvgIpc) is 2.54. The van der Waals surface area contributed by atoms with Crippen LogP contribution in [0.1, 0.15) is 18.1 Å². The highest BCUT2D eigenvalue weighted by Crippen LogP contribution is 2.24. The lowest BCUT2D eigenvalue weighted by atomic mass is 10.1. The molecule has 0 aliphatic heterocycles. The Kier molecular flexibility index (Phi) is 5.83. The maximum absolute atomic E-state index is 11.4. The van der Waals surface area contributed by atoms with Gasteiger partial charge < -0.3 is 14.2 Å². The Morgan fingerprint density at radius 1 is 0.955 bits per heavy atom. The summed E-state index contributed by atoms with van der Waals surface area (Å²) in [7, 11) is 1.38. The standard InChI is InChI=1S/C18H20O4/c1-3-21-16-9-15(11-18(19)20-2)10-17(12-16)22-13-14-7-5-4-6-8-14/h4-10,12H,3,11,13H2,1-2H3. The zero-order valence-electron chi connectivity index (χ0n) is 12.9. The van der Waals surface area contributed by atoms with Gasteiger partial charge >= 0.3 is 5.97 Å². The van der Waals surface area contributed by atoms with Crippen molar-refractivity contribution in [3.05, 3.63) is 59.7 Å². The predicted molar refractivity (Wildman–Crippen MR) is 84.1 cm³/mol. The zero-order chi connectivity index (χ0) is 15.8. The van der Waals surface area contributed by atoms with E-state index in [0.717, 1.165) is 11.1 Å². The van der Waals surface area contributed by atoms with Crippen molar-refractivity contribution < 1.29 is 19.0 Å². The Labute approximate surface area is 130 Å². The number of carbonyl (C=O) groups is 1. The molecule has 0 bridgehead atoms. The highest BCUT2D eigenvalue weighted by atomic mass is 16.5. The summed E-state index contributed by atoms with van der Waals surface area (Å²) >= 11 is 0. The van der Waals surface area contributed by atoms with Gasteiger partial charge in [-0.1, -0.05) is 30.3 Å². The third-order valence-electron chi connectivity index (χ3n) is 3.08. The molecule has 0 fully saturated rings. The fourth-order valence-corrected chi connectivity index (χ4v) is 2.05. The van der Waals surface area contributed by atoms with Crippen LogP contribution in [0, 0.1) is 0 Å². The van der Waals surface area contributed by atoms with Crippen LogP contribution in [-0.4, -0.2) is 19.7 Å². The van der Waals surface area contributed by atoms with E-state index in [0.29, 0.717) is 24.7 Å². The number of carbonyl (C=O) groups excluding carboxylic acids is 1. The van der Waals surface area contributed by atoms with Gasteiger partial charge in [-0.05, 0) is 30.2 Å². The van der Waals surface area contributed by atoms with Gasteiger partial charge in [0.15, 0.2) is 0 Å². The first-order valence-corrected chi connectivity index (χ1v) is 7.21. The smallest absolute Gasteiger partial charge is 0.309 e. The summed E-state index contributed by atoms with van der Waals surface area (Å²) in [5.41, 5.74) is 1.89. The minimum Gasteiger partial charge on any atom is -0.494 e. The molecule has 0 aliphatic rings. The number of rotatable bonds is 7. The minimum atomic E-state index is -0.289. The van der Waals surface area contributed by atoms with Gasteiger partial charge in [0.05, 0.1) is 20.1 Å². The molecule has 0 saturated carbocycles. The summed E-state index contributed by atoms with van der Waals surface area (Å²) < 4.78 is 16.0. The number of esters is 1. The average molecular weight is 300 g/mol. The van der Waals surface area contributed by atoms with Crippen molar-refractivity contribution in [2.24, 2.45) is 0 Å². The van der Waals surface area contributed by atoms with E-state index < -0.39 is 0 Å². The van der Waals surface area contributed by atoms with Gasteiger partial charge in [-0.25, -0.2) is 0 Å². The summed E-state index contributed by atoms with van der Waals surface area (Å²) in [5.74, 6) is 1.07. The van der Waals surface area contributed by atoms with Gasteiger partial charge in [-0.2, -0.15) is 0 Å². The van der Waals surface area contributed by atoms with E-state index >= 15 is 0 Å². The summed E-state index contributed by atoms with van der Waals surface area (Å²) in [6.07, 6.45) is 0.194. The van der Waals surface area contributed by atoms with Gasteiger partial charge in [0.2, 0.25) is 0 Å². The maximum Gasteiger partial charge on any atom is 0.309 e. The molecule has 0 radical (unpaired) electrons. The van der Waals surface area contributed by atoms with Crippen molar-refractivity contribution in [3.63, 3.8) is 0 Å². The molecule has 0 saturated heterocycles. The summed E-state index contributed by atoms with van der Waals surface area (Å²) in [4.78, 5) is 11.4. The highest BCUT2D eigenvalue weighted by molar-refractivity contribution is 5.72. The third-order valence-corrected chi connectivity index (χ3v) is 3.08. The maximum atomic E-state index is 11.4. The quantitative estimate of drug-likeness (QED) is 0.735.